The number of para-hydroxylation sites is 2. The summed E-state index contributed by atoms with van der Waals surface area (Å²) in [6.07, 6.45) is 2.26. The van der Waals surface area contributed by atoms with E-state index in [0.717, 1.165) is 38.5 Å². The van der Waals surface area contributed by atoms with Crippen molar-refractivity contribution in [2.24, 2.45) is 11.5 Å². The number of halogens is 6. The normalized spacial score (nSPS) is 11.8. The maximum absolute atomic E-state index is 12.1. The number of hydrogen-bond acceptors (Lipinski definition) is 13. The second-order valence-corrected chi connectivity index (χ2v) is 20.2. The van der Waals surface area contributed by atoms with Crippen LogP contribution >= 0.6 is 121 Å². The third-order valence-corrected chi connectivity index (χ3v) is 7.86. The Morgan fingerprint density at radius 2 is 1.05 bits per heavy atom. The minimum absolute atomic E-state index is 0. The molecule has 60 heavy (non-hydrogen) atoms. The van der Waals surface area contributed by atoms with Crippen molar-refractivity contribution in [3.05, 3.63) is 60.7 Å². The fourth-order valence-electron chi connectivity index (χ4n) is 2.58. The lowest BCUT2D eigenvalue weighted by Crippen LogP contribution is -2.33. The van der Waals surface area contributed by atoms with Gasteiger partial charge in [-0.15, -0.1) is 12.4 Å². The summed E-state index contributed by atoms with van der Waals surface area (Å²) in [6.45, 7) is 8.19. The predicted molar refractivity (Wildman–Crippen MR) is 266 cm³/mol. The van der Waals surface area contributed by atoms with Crippen LogP contribution in [0.2, 0.25) is 0 Å². The summed E-state index contributed by atoms with van der Waals surface area (Å²) < 4.78 is 51.5. The molecule has 1 unspecified atom stereocenters. The number of rotatable bonds is 17. The number of aliphatic carboxylic acids is 1. The molecule has 0 aromatic heterocycles. The molecule has 358 valence electrons. The first-order valence-electron chi connectivity index (χ1n) is 17.0. The molecule has 15 nitrogen and oxygen atoms in total. The lowest BCUT2D eigenvalue weighted by atomic mass is 10.3. The van der Waals surface area contributed by atoms with Gasteiger partial charge in [-0.1, -0.05) is 76.4 Å². The van der Waals surface area contributed by atoms with Gasteiger partial charge < -0.3 is 40.2 Å². The minimum atomic E-state index is -3.64. The molecular formula is C33H63Cl6N3O12P2S4. The second kappa shape index (κ2) is 49.7. The van der Waals surface area contributed by atoms with Crippen LogP contribution in [0.3, 0.4) is 0 Å². The lowest BCUT2D eigenvalue weighted by Gasteiger charge is -2.18. The monoisotopic (exact) mass is 1090 g/mol. The number of aliphatic hydroxyl groups excluding tert-OH is 1. The van der Waals surface area contributed by atoms with Crippen molar-refractivity contribution in [1.29, 1.82) is 0 Å². The third kappa shape index (κ3) is 62.0. The number of carbonyl (C=O) groups is 3. The van der Waals surface area contributed by atoms with Crippen LogP contribution in [0.4, 0.5) is 0 Å². The molecule has 0 radical (unpaired) electrons. The average molecular weight is 1100 g/mol. The molecule has 2 aromatic carbocycles. The molecular weight excluding hydrogens is 1030 g/mol. The number of aliphatic hydroxyl groups is 1. The fraction of sp³-hybridized carbons (Fsp3) is 0.545. The number of unbranched alkanes of at least 4 members (excludes halogenated alkanes) is 3. The van der Waals surface area contributed by atoms with Crippen LogP contribution in [0.5, 0.6) is 11.5 Å². The topological polar surface area (TPSA) is 244 Å². The summed E-state index contributed by atoms with van der Waals surface area (Å²) in [7, 11) is 7.36. The van der Waals surface area contributed by atoms with E-state index in [1.807, 2.05) is 13.8 Å². The number of ether oxygens (including phenoxy) is 2. The number of benzene rings is 2. The van der Waals surface area contributed by atoms with Gasteiger partial charge in [0.15, 0.2) is 0 Å². The van der Waals surface area contributed by atoms with E-state index < -0.39 is 52.2 Å². The number of hydrogen-bond donors (Lipinski definition) is 5. The Labute approximate surface area is 408 Å². The smallest absolute Gasteiger partial charge is 0.428 e. The Hall–Kier alpha value is -0.310. The lowest BCUT2D eigenvalue weighted by molar-refractivity contribution is -0.146. The first-order valence-corrected chi connectivity index (χ1v) is 25.7. The third-order valence-electron chi connectivity index (χ3n) is 5.38. The zero-order valence-electron chi connectivity index (χ0n) is 34.1. The Bertz CT molecular complexity index is 1420. The Kier molecular flexibility index (Phi) is 63.7. The molecule has 4 atom stereocenters. The summed E-state index contributed by atoms with van der Waals surface area (Å²) in [5.74, 6) is -1.01. The number of carbonyl (C=O) groups excluding carboxylic acids is 2. The maximum atomic E-state index is 12.1. The van der Waals surface area contributed by atoms with Crippen LogP contribution in [0, 0.1) is 0 Å². The summed E-state index contributed by atoms with van der Waals surface area (Å²) >= 11 is 16.1. The highest BCUT2D eigenvalue weighted by molar-refractivity contribution is 8.26. The number of carboxylic acid groups (broad SMARTS) is 1. The average Bonchev–Trinajstić information content (AvgIpc) is 3.09. The van der Waals surface area contributed by atoms with Gasteiger partial charge in [0, 0.05) is 61.7 Å². The van der Waals surface area contributed by atoms with Crippen LogP contribution in [0.15, 0.2) is 60.7 Å². The molecule has 0 aliphatic heterocycles. The summed E-state index contributed by atoms with van der Waals surface area (Å²) in [5, 5.41) is 18.4. The molecule has 0 saturated carbocycles. The molecule has 0 heterocycles. The Morgan fingerprint density at radius 1 is 0.717 bits per heavy atom. The van der Waals surface area contributed by atoms with Gasteiger partial charge in [-0.05, 0) is 64.3 Å². The zero-order valence-corrected chi connectivity index (χ0v) is 44.3. The molecule has 2 aromatic rings. The predicted octanol–water partition coefficient (Wildman–Crippen LogP) is 10.1. The van der Waals surface area contributed by atoms with E-state index in [1.165, 1.54) is 13.8 Å². The van der Waals surface area contributed by atoms with Crippen molar-refractivity contribution in [2.75, 3.05) is 19.8 Å². The first kappa shape index (κ1) is 77.0. The van der Waals surface area contributed by atoms with E-state index in [2.05, 4.69) is 37.9 Å². The molecule has 0 aliphatic rings. The molecule has 2 rings (SSSR count). The SMILES string of the molecule is CCCCO.CCCCOC(=O)[C@H](C)N.CCCCOC(=O)[C@H](C)NP(=O)(Cl)Oc1ccccc1.C[C@H](N)C(=O)O.Cl.O=P(Cl)(Cl)Oc1ccccc1.O=S(Cl)Cl.S.S.S. The Morgan fingerprint density at radius 3 is 1.32 bits per heavy atom. The van der Waals surface area contributed by atoms with E-state index >= 15 is 0 Å². The van der Waals surface area contributed by atoms with Crippen LogP contribution in [0.1, 0.15) is 80.1 Å². The van der Waals surface area contributed by atoms with Crippen molar-refractivity contribution < 1.29 is 56.5 Å². The van der Waals surface area contributed by atoms with Gasteiger partial charge >= 0.3 is 30.9 Å². The van der Waals surface area contributed by atoms with Crippen LogP contribution in [-0.2, 0) is 42.2 Å². The molecule has 0 aliphatic carbocycles. The summed E-state index contributed by atoms with van der Waals surface area (Å²) in [5.41, 5.74) is 10.1. The van der Waals surface area contributed by atoms with Gasteiger partial charge in [-0.25, -0.2) is 18.4 Å². The molecule has 0 amide bonds. The van der Waals surface area contributed by atoms with E-state index in [9.17, 15) is 23.5 Å². The van der Waals surface area contributed by atoms with Gasteiger partial charge in [-0.3, -0.25) is 14.4 Å². The summed E-state index contributed by atoms with van der Waals surface area (Å²) in [4.78, 5) is 31.9. The molecule has 0 bridgehead atoms. The molecule has 0 saturated heterocycles. The quantitative estimate of drug-likeness (QED) is 0.0428. The van der Waals surface area contributed by atoms with Crippen molar-refractivity contribution in [3.8, 4) is 11.5 Å². The van der Waals surface area contributed by atoms with Gasteiger partial charge in [0.1, 0.15) is 29.6 Å². The van der Waals surface area contributed by atoms with E-state index in [1.54, 1.807) is 67.6 Å². The van der Waals surface area contributed by atoms with E-state index in [-0.39, 0.29) is 58.9 Å². The standard InChI is InChI=1S/C13H19ClNO4P.C7H15NO2.C6H5Cl2O2P.C4H10O.C3H7NO2.Cl2OS.ClH.3H2S/c1-3-4-10-18-13(16)11(2)15-20(14,17)19-12-8-6-5-7-9-12;1-3-4-5-10-7(9)6(2)8;7-11(8,9)10-6-4-2-1-3-5-6;1-2-3-4-5;1-2(4)3(5)6;1-4(2)3;;;;/h5-9,11H,3-4,10H2,1-2H3,(H,15,17);6H,3-5,8H2,1-2H3;1-5H;5H,2-4H2,1H3;2H,4H2,1H3,(H,5,6);;1H;3*1H2/t11-,20?;6-;;;2-;;;;;/m00..0...../s1. The number of esters is 2. The van der Waals surface area contributed by atoms with Crippen LogP contribution in [0.25, 0.3) is 0 Å². The Balaban J connectivity index is -0.0000000974. The first-order chi connectivity index (χ1) is 26.0. The van der Waals surface area contributed by atoms with Crippen molar-refractivity contribution in [2.45, 2.75) is 98.2 Å². The molecule has 7 N–H and O–H groups in total. The van der Waals surface area contributed by atoms with E-state index in [4.69, 9.17) is 73.6 Å². The highest BCUT2D eigenvalue weighted by Gasteiger charge is 2.28. The second-order valence-electron chi connectivity index (χ2n) is 10.8. The molecule has 0 fully saturated rings. The van der Waals surface area contributed by atoms with Gasteiger partial charge in [-0.2, -0.15) is 40.5 Å². The van der Waals surface area contributed by atoms with Crippen molar-refractivity contribution in [1.82, 2.24) is 5.09 Å². The molecule has 27 heteroatoms. The fourth-order valence-corrected chi connectivity index (χ4v) is 5.12. The molecule has 0 spiro atoms. The van der Waals surface area contributed by atoms with Crippen LogP contribution < -0.4 is 25.6 Å². The number of carboxylic acids is 1. The van der Waals surface area contributed by atoms with Crippen molar-refractivity contribution >= 4 is 148 Å². The number of nitrogens with one attached hydrogen (secondary N) is 1. The number of nitrogens with two attached hydrogens (primary N) is 2. The summed E-state index contributed by atoms with van der Waals surface area (Å²) in [6, 6.07) is 15.0. The van der Waals surface area contributed by atoms with E-state index in [0.29, 0.717) is 31.3 Å². The van der Waals surface area contributed by atoms with Crippen LogP contribution in [-0.4, -0.2) is 70.3 Å². The van der Waals surface area contributed by atoms with Crippen molar-refractivity contribution in [3.63, 3.8) is 0 Å². The highest BCUT2D eigenvalue weighted by Crippen LogP contribution is 2.57. The minimum Gasteiger partial charge on any atom is -0.480 e. The van der Waals surface area contributed by atoms with Gasteiger partial charge in [0.2, 0.25) is 9.23 Å². The highest BCUT2D eigenvalue weighted by atomic mass is 36.0. The van der Waals surface area contributed by atoms with Gasteiger partial charge in [0.05, 0.1) is 13.2 Å². The largest absolute Gasteiger partial charge is 0.480 e. The van der Waals surface area contributed by atoms with Gasteiger partial charge in [0.25, 0.3) is 0 Å². The maximum Gasteiger partial charge on any atom is 0.428 e. The zero-order chi connectivity index (χ0) is 44.2.